The van der Waals surface area contributed by atoms with E-state index in [9.17, 15) is 4.39 Å². The molecule has 0 bridgehead atoms. The lowest BCUT2D eigenvalue weighted by molar-refractivity contribution is 0.322. The Hall–Kier alpha value is -0.985. The molecule has 11 heavy (non-hydrogen) atoms. The highest BCUT2D eigenvalue weighted by Gasteiger charge is 2.00. The van der Waals surface area contributed by atoms with E-state index in [4.69, 9.17) is 4.74 Å². The third-order valence-corrected chi connectivity index (χ3v) is 1.39. The highest BCUT2D eigenvalue weighted by molar-refractivity contribution is 6.32. The van der Waals surface area contributed by atoms with Gasteiger partial charge >= 0.3 is 0 Å². The Morgan fingerprint density at radius 3 is 2.91 bits per heavy atom. The molecule has 3 heteroatoms. The fourth-order valence-electron chi connectivity index (χ4n) is 0.877. The molecular formula is C8H10BFO. The van der Waals surface area contributed by atoms with E-state index in [1.165, 1.54) is 6.07 Å². The quantitative estimate of drug-likeness (QED) is 0.560. The van der Waals surface area contributed by atoms with Crippen molar-refractivity contribution in [3.05, 3.63) is 24.0 Å². The zero-order chi connectivity index (χ0) is 8.27. The Kier molecular flexibility index (Phi) is 2.52. The average Bonchev–Trinajstić information content (AvgIpc) is 1.98. The molecule has 0 aliphatic heterocycles. The summed E-state index contributed by atoms with van der Waals surface area (Å²) in [5, 5.41) is 0. The van der Waals surface area contributed by atoms with Gasteiger partial charge < -0.3 is 4.74 Å². The first-order valence-corrected chi connectivity index (χ1v) is 3.63. The largest absolute Gasteiger partial charge is 0.491 e. The van der Waals surface area contributed by atoms with Crippen LogP contribution in [0.1, 0.15) is 6.92 Å². The standard InChI is InChI=1S/C8H10BFO/c1-2-11-8-5-6(9)3-4-7(8)10/h3-5H,2,9H2,1H3. The van der Waals surface area contributed by atoms with Crippen LogP contribution >= 0.6 is 0 Å². The second-order valence-electron chi connectivity index (χ2n) is 2.37. The van der Waals surface area contributed by atoms with E-state index in [-0.39, 0.29) is 5.82 Å². The summed E-state index contributed by atoms with van der Waals surface area (Å²) in [4.78, 5) is 0. The van der Waals surface area contributed by atoms with Gasteiger partial charge in [-0.1, -0.05) is 11.5 Å². The van der Waals surface area contributed by atoms with Crippen LogP contribution in [0.25, 0.3) is 0 Å². The van der Waals surface area contributed by atoms with Crippen molar-refractivity contribution in [2.75, 3.05) is 6.61 Å². The normalized spacial score (nSPS) is 9.64. The van der Waals surface area contributed by atoms with Crippen LogP contribution in [0.4, 0.5) is 4.39 Å². The fraction of sp³-hybridized carbons (Fsp3) is 0.250. The number of rotatable bonds is 2. The molecule has 0 aliphatic rings. The molecule has 1 rings (SSSR count). The molecule has 0 fully saturated rings. The van der Waals surface area contributed by atoms with Crippen molar-refractivity contribution >= 4 is 13.3 Å². The summed E-state index contributed by atoms with van der Waals surface area (Å²) in [6.07, 6.45) is 0. The van der Waals surface area contributed by atoms with Gasteiger partial charge in [-0.2, -0.15) is 0 Å². The predicted molar refractivity (Wildman–Crippen MR) is 45.7 cm³/mol. The van der Waals surface area contributed by atoms with Crippen LogP contribution in [0.2, 0.25) is 0 Å². The van der Waals surface area contributed by atoms with Gasteiger partial charge in [-0.15, -0.1) is 0 Å². The summed E-state index contributed by atoms with van der Waals surface area (Å²) >= 11 is 0. The van der Waals surface area contributed by atoms with Crippen molar-refractivity contribution in [2.45, 2.75) is 6.92 Å². The summed E-state index contributed by atoms with van der Waals surface area (Å²) in [6, 6.07) is 4.83. The molecule has 1 nitrogen and oxygen atoms in total. The molecule has 1 aromatic carbocycles. The van der Waals surface area contributed by atoms with Crippen molar-refractivity contribution in [1.29, 1.82) is 0 Å². The molecule has 58 valence electrons. The zero-order valence-electron chi connectivity index (χ0n) is 6.73. The van der Waals surface area contributed by atoms with Crippen molar-refractivity contribution in [1.82, 2.24) is 0 Å². The van der Waals surface area contributed by atoms with Gasteiger partial charge in [0.2, 0.25) is 0 Å². The maximum atomic E-state index is 12.8. The molecule has 0 aromatic heterocycles. The Balaban J connectivity index is 2.93. The monoisotopic (exact) mass is 152 g/mol. The average molecular weight is 152 g/mol. The van der Waals surface area contributed by atoms with Gasteiger partial charge in [-0.25, -0.2) is 4.39 Å². The first-order valence-electron chi connectivity index (χ1n) is 3.63. The van der Waals surface area contributed by atoms with Gasteiger partial charge in [-0.05, 0) is 19.1 Å². The number of hydrogen-bond donors (Lipinski definition) is 0. The predicted octanol–water partition coefficient (Wildman–Crippen LogP) is 0.483. The maximum absolute atomic E-state index is 12.8. The van der Waals surface area contributed by atoms with Crippen LogP contribution in [-0.4, -0.2) is 14.5 Å². The number of halogens is 1. The molecule has 0 spiro atoms. The fourth-order valence-corrected chi connectivity index (χ4v) is 0.877. The smallest absolute Gasteiger partial charge is 0.165 e. The summed E-state index contributed by atoms with van der Waals surface area (Å²) in [5.74, 6) is 0.0463. The van der Waals surface area contributed by atoms with E-state index in [1.54, 1.807) is 12.1 Å². The third-order valence-electron chi connectivity index (χ3n) is 1.39. The molecule has 0 unspecified atom stereocenters. The molecule has 0 saturated carbocycles. The minimum Gasteiger partial charge on any atom is -0.491 e. The third kappa shape index (κ3) is 1.97. The van der Waals surface area contributed by atoms with Crippen LogP contribution < -0.4 is 10.2 Å². The minimum atomic E-state index is -0.294. The molecule has 0 aliphatic carbocycles. The number of benzene rings is 1. The van der Waals surface area contributed by atoms with Gasteiger partial charge in [0, 0.05) is 0 Å². The van der Waals surface area contributed by atoms with Gasteiger partial charge in [-0.3, -0.25) is 0 Å². The molecule has 0 radical (unpaired) electrons. The van der Waals surface area contributed by atoms with Crippen LogP contribution in [0.3, 0.4) is 0 Å². The highest BCUT2D eigenvalue weighted by atomic mass is 19.1. The van der Waals surface area contributed by atoms with Gasteiger partial charge in [0.1, 0.15) is 7.85 Å². The van der Waals surface area contributed by atoms with E-state index >= 15 is 0 Å². The van der Waals surface area contributed by atoms with E-state index in [1.807, 2.05) is 14.8 Å². The summed E-state index contributed by atoms with van der Waals surface area (Å²) in [5.41, 5.74) is 1.01. The van der Waals surface area contributed by atoms with Gasteiger partial charge in [0.25, 0.3) is 0 Å². The maximum Gasteiger partial charge on any atom is 0.165 e. The lowest BCUT2D eigenvalue weighted by atomic mass is 9.96. The SMILES string of the molecule is Bc1ccc(F)c(OCC)c1. The topological polar surface area (TPSA) is 9.23 Å². The highest BCUT2D eigenvalue weighted by Crippen LogP contribution is 2.13. The molecule has 0 N–H and O–H groups in total. The van der Waals surface area contributed by atoms with Crippen molar-refractivity contribution in [2.24, 2.45) is 0 Å². The van der Waals surface area contributed by atoms with Crippen molar-refractivity contribution in [3.8, 4) is 5.75 Å². The van der Waals surface area contributed by atoms with E-state index in [2.05, 4.69) is 0 Å². The Labute approximate surface area is 66.6 Å². The lowest BCUT2D eigenvalue weighted by Gasteiger charge is -2.04. The van der Waals surface area contributed by atoms with Crippen LogP contribution in [0.5, 0.6) is 5.75 Å². The first-order chi connectivity index (χ1) is 5.24. The second kappa shape index (κ2) is 3.42. The summed E-state index contributed by atoms with van der Waals surface area (Å²) in [7, 11) is 1.90. The molecule has 0 saturated heterocycles. The lowest BCUT2D eigenvalue weighted by Crippen LogP contribution is -2.04. The Bertz CT molecular complexity index is 250. The van der Waals surface area contributed by atoms with E-state index in [0.29, 0.717) is 12.4 Å². The Morgan fingerprint density at radius 2 is 2.27 bits per heavy atom. The number of hydrogen-bond acceptors (Lipinski definition) is 1. The zero-order valence-corrected chi connectivity index (χ0v) is 6.73. The Morgan fingerprint density at radius 1 is 1.55 bits per heavy atom. The van der Waals surface area contributed by atoms with Gasteiger partial charge in [0.05, 0.1) is 6.61 Å². The molecule has 0 heterocycles. The van der Waals surface area contributed by atoms with Crippen LogP contribution in [-0.2, 0) is 0 Å². The van der Waals surface area contributed by atoms with Crippen molar-refractivity contribution < 1.29 is 9.13 Å². The first kappa shape index (κ1) is 8.11. The molecule has 1 aromatic rings. The van der Waals surface area contributed by atoms with Crippen LogP contribution in [0.15, 0.2) is 18.2 Å². The van der Waals surface area contributed by atoms with Crippen LogP contribution in [0, 0.1) is 5.82 Å². The summed E-state index contributed by atoms with van der Waals surface area (Å²) in [6.45, 7) is 2.34. The van der Waals surface area contributed by atoms with Crippen molar-refractivity contribution in [3.63, 3.8) is 0 Å². The molecular weight excluding hydrogens is 142 g/mol. The molecule has 0 atom stereocenters. The van der Waals surface area contributed by atoms with E-state index < -0.39 is 0 Å². The van der Waals surface area contributed by atoms with E-state index in [0.717, 1.165) is 5.46 Å². The molecule has 0 amide bonds. The minimum absolute atomic E-state index is 0.294. The van der Waals surface area contributed by atoms with Gasteiger partial charge in [0.15, 0.2) is 11.6 Å². The summed E-state index contributed by atoms with van der Waals surface area (Å²) < 4.78 is 17.9. The second-order valence-corrected chi connectivity index (χ2v) is 2.37. The number of ether oxygens (including phenoxy) is 1.